The third-order valence-corrected chi connectivity index (χ3v) is 6.62. The average Bonchev–Trinajstić information content (AvgIpc) is 3.66. The van der Waals surface area contributed by atoms with Crippen molar-refractivity contribution in [3.8, 4) is 5.75 Å². The molecule has 0 bridgehead atoms. The minimum atomic E-state index is -0.450. The molecule has 0 amide bonds. The van der Waals surface area contributed by atoms with Gasteiger partial charge in [-0.1, -0.05) is 60.7 Å². The van der Waals surface area contributed by atoms with Crippen molar-refractivity contribution in [2.45, 2.75) is 12.1 Å². The van der Waals surface area contributed by atoms with E-state index in [1.165, 1.54) is 12.1 Å². The molecule has 2 unspecified atom stereocenters. The highest BCUT2D eigenvalue weighted by Gasteiger charge is 2.27. The monoisotopic (exact) mass is 520 g/mol. The number of nitrogens with one attached hydrogen (secondary N) is 1. The topological polar surface area (TPSA) is 119 Å². The van der Waals surface area contributed by atoms with Gasteiger partial charge in [-0.25, -0.2) is 9.98 Å². The highest BCUT2D eigenvalue weighted by atomic mass is 16.6. The Kier molecular flexibility index (Phi) is 6.38. The van der Waals surface area contributed by atoms with Gasteiger partial charge in [-0.2, -0.15) is 0 Å². The number of non-ortho nitro benzene ring substituents is 1. The van der Waals surface area contributed by atoms with E-state index >= 15 is 0 Å². The second kappa shape index (κ2) is 10.3. The van der Waals surface area contributed by atoms with Crippen LogP contribution in [0.15, 0.2) is 107 Å². The van der Waals surface area contributed by atoms with Gasteiger partial charge in [-0.3, -0.25) is 10.1 Å². The van der Waals surface area contributed by atoms with E-state index in [0.29, 0.717) is 47.5 Å². The molecule has 9 heteroatoms. The number of nitrogens with zero attached hydrogens (tertiary/aromatic N) is 3. The molecule has 6 rings (SSSR count). The molecule has 4 aromatic carbocycles. The quantitative estimate of drug-likeness (QED) is 0.173. The fourth-order valence-electron chi connectivity index (χ4n) is 4.63. The number of nitro benzene ring substituents is 1. The highest BCUT2D eigenvalue weighted by Crippen LogP contribution is 2.35. The SMILES string of the molecule is O=[N+]([O-])c1ccc(Nc2ccc(O)cc2C2=NC(c3ccccc3)CO2)c(C2=NC(c3ccccc3)CO2)c1. The van der Waals surface area contributed by atoms with Crippen molar-refractivity contribution in [1.82, 2.24) is 0 Å². The maximum atomic E-state index is 11.6. The van der Waals surface area contributed by atoms with Crippen LogP contribution in [-0.4, -0.2) is 35.0 Å². The molecule has 0 saturated heterocycles. The molecule has 9 nitrogen and oxygen atoms in total. The van der Waals surface area contributed by atoms with Gasteiger partial charge in [0.1, 0.15) is 31.0 Å². The number of aromatic hydroxyl groups is 1. The van der Waals surface area contributed by atoms with E-state index < -0.39 is 4.92 Å². The first-order valence-electron chi connectivity index (χ1n) is 12.5. The summed E-state index contributed by atoms with van der Waals surface area (Å²) in [5.41, 5.74) is 4.13. The van der Waals surface area contributed by atoms with E-state index in [-0.39, 0.29) is 23.5 Å². The van der Waals surface area contributed by atoms with Crippen molar-refractivity contribution >= 4 is 28.9 Å². The second-order valence-electron chi connectivity index (χ2n) is 9.19. The molecule has 39 heavy (non-hydrogen) atoms. The summed E-state index contributed by atoms with van der Waals surface area (Å²) >= 11 is 0. The molecule has 2 aliphatic rings. The van der Waals surface area contributed by atoms with E-state index in [2.05, 4.69) is 5.32 Å². The molecule has 2 atom stereocenters. The van der Waals surface area contributed by atoms with Crippen molar-refractivity contribution in [2.24, 2.45) is 9.98 Å². The molecule has 0 saturated carbocycles. The Morgan fingerprint density at radius 3 is 1.79 bits per heavy atom. The number of phenols is 1. The third-order valence-electron chi connectivity index (χ3n) is 6.62. The Labute approximate surface area is 224 Å². The number of ether oxygens (including phenoxy) is 2. The number of aliphatic imine (C=N–C) groups is 2. The van der Waals surface area contributed by atoms with E-state index in [9.17, 15) is 15.2 Å². The van der Waals surface area contributed by atoms with Crippen LogP contribution in [0.25, 0.3) is 0 Å². The Balaban J connectivity index is 1.36. The molecular formula is C30H24N4O5. The highest BCUT2D eigenvalue weighted by molar-refractivity contribution is 6.04. The number of hydrogen-bond donors (Lipinski definition) is 2. The van der Waals surface area contributed by atoms with Crippen LogP contribution >= 0.6 is 0 Å². The van der Waals surface area contributed by atoms with Crippen molar-refractivity contribution in [3.05, 3.63) is 129 Å². The number of anilines is 2. The standard InChI is InChI=1S/C30H24N4O5/c35-22-12-14-26(24(16-22)30-33-28(18-39-30)20-9-5-2-6-10-20)31-25-13-11-21(34(36)37)15-23(25)29-32-27(17-38-29)19-7-3-1-4-8-19/h1-16,27-28,31,35H,17-18H2. The fraction of sp³-hybridized carbons (Fsp3) is 0.133. The summed E-state index contributed by atoms with van der Waals surface area (Å²) in [6.45, 7) is 0.709. The van der Waals surface area contributed by atoms with Crippen molar-refractivity contribution in [1.29, 1.82) is 0 Å². The molecule has 2 aliphatic heterocycles. The molecule has 0 aliphatic carbocycles. The van der Waals surface area contributed by atoms with Gasteiger partial charge in [0.05, 0.1) is 27.4 Å². The summed E-state index contributed by atoms with van der Waals surface area (Å²) in [5, 5.41) is 25.2. The second-order valence-corrected chi connectivity index (χ2v) is 9.19. The summed E-state index contributed by atoms with van der Waals surface area (Å²) < 4.78 is 11.9. The Morgan fingerprint density at radius 1 is 0.744 bits per heavy atom. The van der Waals surface area contributed by atoms with Gasteiger partial charge < -0.3 is 19.9 Å². The maximum Gasteiger partial charge on any atom is 0.270 e. The predicted molar refractivity (Wildman–Crippen MR) is 148 cm³/mol. The average molecular weight is 521 g/mol. The molecule has 0 radical (unpaired) electrons. The van der Waals surface area contributed by atoms with Crippen LogP contribution in [-0.2, 0) is 9.47 Å². The van der Waals surface area contributed by atoms with Gasteiger partial charge in [-0.05, 0) is 35.4 Å². The predicted octanol–water partition coefficient (Wildman–Crippen LogP) is 6.08. The molecule has 0 fully saturated rings. The van der Waals surface area contributed by atoms with Crippen LogP contribution in [0.4, 0.5) is 17.1 Å². The molecule has 194 valence electrons. The minimum absolute atomic E-state index is 0.0585. The van der Waals surface area contributed by atoms with Crippen molar-refractivity contribution in [2.75, 3.05) is 18.5 Å². The van der Waals surface area contributed by atoms with Gasteiger partial charge in [0.25, 0.3) is 5.69 Å². The number of nitro groups is 1. The van der Waals surface area contributed by atoms with Crippen molar-refractivity contribution < 1.29 is 19.5 Å². The zero-order chi connectivity index (χ0) is 26.8. The molecule has 4 aromatic rings. The zero-order valence-corrected chi connectivity index (χ0v) is 20.7. The van der Waals surface area contributed by atoms with Crippen LogP contribution in [0.2, 0.25) is 0 Å². The van der Waals surface area contributed by atoms with E-state index in [1.54, 1.807) is 24.3 Å². The summed E-state index contributed by atoms with van der Waals surface area (Å²) in [7, 11) is 0. The lowest BCUT2D eigenvalue weighted by Crippen LogP contribution is -2.09. The van der Waals surface area contributed by atoms with Crippen LogP contribution < -0.4 is 5.32 Å². The van der Waals surface area contributed by atoms with Crippen LogP contribution in [0, 0.1) is 10.1 Å². The Morgan fingerprint density at radius 2 is 1.26 bits per heavy atom. The van der Waals surface area contributed by atoms with Gasteiger partial charge >= 0.3 is 0 Å². The zero-order valence-electron chi connectivity index (χ0n) is 20.7. The van der Waals surface area contributed by atoms with Crippen molar-refractivity contribution in [3.63, 3.8) is 0 Å². The largest absolute Gasteiger partial charge is 0.508 e. The van der Waals surface area contributed by atoms with Crippen LogP contribution in [0.1, 0.15) is 34.3 Å². The van der Waals surface area contributed by atoms with Gasteiger partial charge in [0.15, 0.2) is 0 Å². The van der Waals surface area contributed by atoms with Gasteiger partial charge in [0.2, 0.25) is 11.8 Å². The Bertz CT molecular complexity index is 1590. The number of hydrogen-bond acceptors (Lipinski definition) is 8. The van der Waals surface area contributed by atoms with Gasteiger partial charge in [0, 0.05) is 12.1 Å². The number of benzene rings is 4. The minimum Gasteiger partial charge on any atom is -0.508 e. The van der Waals surface area contributed by atoms with Gasteiger partial charge in [-0.15, -0.1) is 0 Å². The number of rotatable bonds is 7. The summed E-state index contributed by atoms with van der Waals surface area (Å²) in [4.78, 5) is 20.6. The number of phenolic OH excluding ortho intramolecular Hbond substituents is 1. The van der Waals surface area contributed by atoms with Crippen LogP contribution in [0.3, 0.4) is 0 Å². The summed E-state index contributed by atoms with van der Waals surface area (Å²) in [5.74, 6) is 0.765. The smallest absolute Gasteiger partial charge is 0.270 e. The molecule has 0 aromatic heterocycles. The first-order valence-corrected chi connectivity index (χ1v) is 12.5. The lowest BCUT2D eigenvalue weighted by atomic mass is 10.1. The fourth-order valence-corrected chi connectivity index (χ4v) is 4.63. The van der Waals surface area contributed by atoms with Crippen LogP contribution in [0.5, 0.6) is 5.75 Å². The van der Waals surface area contributed by atoms with E-state index in [1.807, 2.05) is 60.7 Å². The molecular weight excluding hydrogens is 496 g/mol. The van der Waals surface area contributed by atoms with E-state index in [4.69, 9.17) is 19.5 Å². The lowest BCUT2D eigenvalue weighted by Gasteiger charge is -2.15. The maximum absolute atomic E-state index is 11.6. The normalized spacial score (nSPS) is 18.1. The summed E-state index contributed by atoms with van der Waals surface area (Å²) in [6.07, 6.45) is 0. The third kappa shape index (κ3) is 5.02. The molecule has 2 heterocycles. The summed E-state index contributed by atoms with van der Waals surface area (Å²) in [6, 6.07) is 28.6. The molecule has 2 N–H and O–H groups in total. The Hall–Kier alpha value is -5.18. The first-order chi connectivity index (χ1) is 19.0. The lowest BCUT2D eigenvalue weighted by molar-refractivity contribution is -0.384. The first kappa shape index (κ1) is 24.2. The molecule has 0 spiro atoms. The van der Waals surface area contributed by atoms with E-state index in [0.717, 1.165) is 11.1 Å².